The van der Waals surface area contributed by atoms with E-state index in [9.17, 15) is 4.39 Å². The van der Waals surface area contributed by atoms with Gasteiger partial charge in [-0.15, -0.1) is 0 Å². The number of hydrogen-bond acceptors (Lipinski definition) is 5. The molecular formula is C18H19FN4O. The molecule has 2 heterocycles. The second-order valence-electron chi connectivity index (χ2n) is 5.98. The largest absolute Gasteiger partial charge is 0.373 e. The van der Waals surface area contributed by atoms with E-state index in [0.29, 0.717) is 35.1 Å². The van der Waals surface area contributed by atoms with Crippen LogP contribution < -0.4 is 5.32 Å². The van der Waals surface area contributed by atoms with Crippen LogP contribution in [0, 0.1) is 11.7 Å². The lowest BCUT2D eigenvalue weighted by Crippen LogP contribution is -1.97. The molecule has 0 aliphatic heterocycles. The summed E-state index contributed by atoms with van der Waals surface area (Å²) >= 11 is 0. The smallest absolute Gasteiger partial charge is 0.258 e. The van der Waals surface area contributed by atoms with Gasteiger partial charge in [0.2, 0.25) is 5.82 Å². The standard InChI is InChI=1S/C18H19FN4O/c1-11(2)9-12-6-7-13(10-15(12)19)18-22-17(23-24-18)14-5-4-8-21-16(14)20-3/h4-8,10-11H,9H2,1-3H3,(H,20,21). The van der Waals surface area contributed by atoms with Crippen molar-refractivity contribution in [1.82, 2.24) is 15.1 Å². The average Bonchev–Trinajstić information content (AvgIpc) is 3.06. The minimum absolute atomic E-state index is 0.252. The molecule has 0 bridgehead atoms. The van der Waals surface area contributed by atoms with Crippen molar-refractivity contribution >= 4 is 5.82 Å². The summed E-state index contributed by atoms with van der Waals surface area (Å²) in [5.74, 6) is 1.49. The maximum absolute atomic E-state index is 14.2. The molecule has 0 amide bonds. The van der Waals surface area contributed by atoms with Crippen molar-refractivity contribution in [3.63, 3.8) is 0 Å². The summed E-state index contributed by atoms with van der Waals surface area (Å²) < 4.78 is 19.5. The van der Waals surface area contributed by atoms with Crippen LogP contribution in [-0.2, 0) is 6.42 Å². The number of nitrogens with one attached hydrogen (secondary N) is 1. The van der Waals surface area contributed by atoms with E-state index in [0.717, 1.165) is 5.56 Å². The Kier molecular flexibility index (Phi) is 4.55. The highest BCUT2D eigenvalue weighted by atomic mass is 19.1. The van der Waals surface area contributed by atoms with Gasteiger partial charge in [-0.3, -0.25) is 0 Å². The zero-order valence-electron chi connectivity index (χ0n) is 13.9. The Morgan fingerprint density at radius 1 is 1.25 bits per heavy atom. The third kappa shape index (κ3) is 3.27. The fourth-order valence-corrected chi connectivity index (χ4v) is 2.52. The first-order valence-corrected chi connectivity index (χ1v) is 7.84. The van der Waals surface area contributed by atoms with Gasteiger partial charge in [-0.25, -0.2) is 9.37 Å². The molecule has 3 rings (SSSR count). The number of halogens is 1. The molecule has 6 heteroatoms. The summed E-state index contributed by atoms with van der Waals surface area (Å²) in [6, 6.07) is 8.67. The molecular weight excluding hydrogens is 307 g/mol. The SMILES string of the molecule is CNc1ncccc1-c1noc(-c2ccc(CC(C)C)c(F)c2)n1. The average molecular weight is 326 g/mol. The van der Waals surface area contributed by atoms with Crippen LogP contribution in [-0.4, -0.2) is 22.2 Å². The van der Waals surface area contributed by atoms with Gasteiger partial charge in [-0.05, 0) is 42.2 Å². The Bertz CT molecular complexity index is 845. The lowest BCUT2D eigenvalue weighted by atomic mass is 10.0. The van der Waals surface area contributed by atoms with Crippen LogP contribution in [0.15, 0.2) is 41.1 Å². The molecule has 0 aliphatic carbocycles. The Morgan fingerprint density at radius 3 is 2.79 bits per heavy atom. The number of nitrogens with zero attached hydrogens (tertiary/aromatic N) is 3. The predicted octanol–water partition coefficient (Wildman–Crippen LogP) is 4.18. The maximum Gasteiger partial charge on any atom is 0.258 e. The fourth-order valence-electron chi connectivity index (χ4n) is 2.52. The number of aromatic nitrogens is 3. The van der Waals surface area contributed by atoms with Crippen LogP contribution >= 0.6 is 0 Å². The monoisotopic (exact) mass is 326 g/mol. The van der Waals surface area contributed by atoms with Crippen LogP contribution in [0.2, 0.25) is 0 Å². The fraction of sp³-hybridized carbons (Fsp3) is 0.278. The van der Waals surface area contributed by atoms with Crippen molar-refractivity contribution in [2.75, 3.05) is 12.4 Å². The van der Waals surface area contributed by atoms with Crippen molar-refractivity contribution < 1.29 is 8.91 Å². The van der Waals surface area contributed by atoms with Crippen molar-refractivity contribution in [2.45, 2.75) is 20.3 Å². The van der Waals surface area contributed by atoms with E-state index in [2.05, 4.69) is 34.3 Å². The maximum atomic E-state index is 14.2. The van der Waals surface area contributed by atoms with E-state index in [1.165, 1.54) is 6.07 Å². The van der Waals surface area contributed by atoms with Gasteiger partial charge in [0.15, 0.2) is 0 Å². The van der Waals surface area contributed by atoms with Gasteiger partial charge >= 0.3 is 0 Å². The van der Waals surface area contributed by atoms with Crippen molar-refractivity contribution in [3.05, 3.63) is 47.9 Å². The lowest BCUT2D eigenvalue weighted by Gasteiger charge is -2.06. The molecule has 0 saturated heterocycles. The van der Waals surface area contributed by atoms with Gasteiger partial charge < -0.3 is 9.84 Å². The van der Waals surface area contributed by atoms with Crippen LogP contribution in [0.5, 0.6) is 0 Å². The lowest BCUT2D eigenvalue weighted by molar-refractivity contribution is 0.432. The van der Waals surface area contributed by atoms with Crippen molar-refractivity contribution in [2.24, 2.45) is 5.92 Å². The molecule has 24 heavy (non-hydrogen) atoms. The second kappa shape index (κ2) is 6.78. The number of pyridine rings is 1. The van der Waals surface area contributed by atoms with Gasteiger partial charge in [0.1, 0.15) is 11.6 Å². The highest BCUT2D eigenvalue weighted by Gasteiger charge is 2.15. The van der Waals surface area contributed by atoms with Crippen LogP contribution in [0.1, 0.15) is 19.4 Å². The third-order valence-electron chi connectivity index (χ3n) is 3.64. The normalized spacial score (nSPS) is 11.0. The molecule has 1 aromatic carbocycles. The zero-order chi connectivity index (χ0) is 17.1. The molecule has 0 atom stereocenters. The van der Waals surface area contributed by atoms with E-state index in [4.69, 9.17) is 4.52 Å². The first-order chi connectivity index (χ1) is 11.6. The molecule has 0 spiro atoms. The van der Waals surface area contributed by atoms with Crippen molar-refractivity contribution in [1.29, 1.82) is 0 Å². The first-order valence-electron chi connectivity index (χ1n) is 7.84. The summed E-state index contributed by atoms with van der Waals surface area (Å²) in [5.41, 5.74) is 1.98. The summed E-state index contributed by atoms with van der Waals surface area (Å²) in [4.78, 5) is 8.58. The molecule has 5 nitrogen and oxygen atoms in total. The molecule has 0 unspecified atom stereocenters. The van der Waals surface area contributed by atoms with Crippen LogP contribution in [0.4, 0.5) is 10.2 Å². The van der Waals surface area contributed by atoms with Gasteiger partial charge in [0.25, 0.3) is 5.89 Å². The number of benzene rings is 1. The minimum Gasteiger partial charge on any atom is -0.373 e. The Morgan fingerprint density at radius 2 is 2.08 bits per heavy atom. The second-order valence-corrected chi connectivity index (χ2v) is 5.98. The van der Waals surface area contributed by atoms with Crippen LogP contribution in [0.25, 0.3) is 22.8 Å². The third-order valence-corrected chi connectivity index (χ3v) is 3.64. The van der Waals surface area contributed by atoms with E-state index < -0.39 is 0 Å². The number of rotatable bonds is 5. The zero-order valence-corrected chi connectivity index (χ0v) is 13.9. The van der Waals surface area contributed by atoms with Gasteiger partial charge in [-0.1, -0.05) is 25.1 Å². The molecule has 124 valence electrons. The summed E-state index contributed by atoms with van der Waals surface area (Å²) in [6.07, 6.45) is 2.38. The number of anilines is 1. The first kappa shape index (κ1) is 16.1. The van der Waals surface area contributed by atoms with Crippen LogP contribution in [0.3, 0.4) is 0 Å². The van der Waals surface area contributed by atoms with Gasteiger partial charge in [0.05, 0.1) is 5.56 Å². The molecule has 3 aromatic rings. The number of hydrogen-bond donors (Lipinski definition) is 1. The highest BCUT2D eigenvalue weighted by molar-refractivity contribution is 5.70. The summed E-state index contributed by atoms with van der Waals surface area (Å²) in [5, 5.41) is 6.97. The van der Waals surface area contributed by atoms with E-state index in [1.807, 2.05) is 6.07 Å². The molecule has 0 fully saturated rings. The van der Waals surface area contributed by atoms with E-state index in [-0.39, 0.29) is 11.7 Å². The quantitative estimate of drug-likeness (QED) is 0.762. The molecule has 1 N–H and O–H groups in total. The minimum atomic E-state index is -0.252. The van der Waals surface area contributed by atoms with Crippen molar-refractivity contribution in [3.8, 4) is 22.8 Å². The van der Waals surface area contributed by atoms with E-state index >= 15 is 0 Å². The van der Waals surface area contributed by atoms with Gasteiger partial charge in [0, 0.05) is 18.8 Å². The predicted molar refractivity (Wildman–Crippen MR) is 91.0 cm³/mol. The Hall–Kier alpha value is -2.76. The Labute approximate surface area is 139 Å². The summed E-state index contributed by atoms with van der Waals surface area (Å²) in [6.45, 7) is 4.12. The molecule has 2 aromatic heterocycles. The summed E-state index contributed by atoms with van der Waals surface area (Å²) in [7, 11) is 1.77. The topological polar surface area (TPSA) is 63.8 Å². The highest BCUT2D eigenvalue weighted by Crippen LogP contribution is 2.27. The molecule has 0 radical (unpaired) electrons. The Balaban J connectivity index is 1.92. The molecule has 0 aliphatic rings. The van der Waals surface area contributed by atoms with Gasteiger partial charge in [-0.2, -0.15) is 4.98 Å². The molecule has 0 saturated carbocycles. The van der Waals surface area contributed by atoms with E-state index in [1.54, 1.807) is 31.4 Å².